The molecule has 0 radical (unpaired) electrons. The third kappa shape index (κ3) is 36.4. The van der Waals surface area contributed by atoms with Crippen molar-refractivity contribution in [2.45, 2.75) is 199 Å². The summed E-state index contributed by atoms with van der Waals surface area (Å²) in [5.74, 6) is -3.44. The minimum Gasteiger partial charge on any atom is -0.479 e. The summed E-state index contributed by atoms with van der Waals surface area (Å²) in [7, 11) is 0. The molecule has 1 aliphatic heterocycles. The summed E-state index contributed by atoms with van der Waals surface area (Å²) >= 11 is 0. The van der Waals surface area contributed by atoms with Gasteiger partial charge in [0.15, 0.2) is 24.6 Å². The van der Waals surface area contributed by atoms with Gasteiger partial charge in [0.2, 0.25) is 0 Å². The minimum absolute atomic E-state index is 0.0319. The molecule has 0 saturated carbocycles. The second-order valence-corrected chi connectivity index (χ2v) is 17.1. The first-order chi connectivity index (χ1) is 34.6. The van der Waals surface area contributed by atoms with Crippen LogP contribution in [0.2, 0.25) is 0 Å². The lowest BCUT2D eigenvalue weighted by Crippen LogP contribution is -2.61. The Hall–Kier alpha value is -5.14. The summed E-state index contributed by atoms with van der Waals surface area (Å²) in [4.78, 5) is 50.8. The number of ether oxygens (including phenoxy) is 5. The number of esters is 3. The number of carboxylic acid groups (broad SMARTS) is 1. The first-order valence-electron chi connectivity index (χ1n) is 26.2. The summed E-state index contributed by atoms with van der Waals surface area (Å²) in [6.07, 6.45) is 52.0. The van der Waals surface area contributed by atoms with E-state index in [9.17, 15) is 34.5 Å². The first-order valence-corrected chi connectivity index (χ1v) is 26.2. The molecule has 1 fully saturated rings. The zero-order valence-corrected chi connectivity index (χ0v) is 43.2. The average molecular weight is 989 g/mol. The molecule has 12 heteroatoms. The van der Waals surface area contributed by atoms with Crippen LogP contribution in [0.15, 0.2) is 134 Å². The van der Waals surface area contributed by atoms with Gasteiger partial charge in [-0.15, -0.1) is 0 Å². The fourth-order valence-electron chi connectivity index (χ4n) is 6.78. The van der Waals surface area contributed by atoms with Gasteiger partial charge in [0.05, 0.1) is 13.0 Å². The van der Waals surface area contributed by atoms with Crippen molar-refractivity contribution in [2.75, 3.05) is 13.2 Å². The van der Waals surface area contributed by atoms with Gasteiger partial charge in [-0.25, -0.2) is 4.79 Å². The second-order valence-electron chi connectivity index (χ2n) is 17.1. The highest BCUT2D eigenvalue weighted by Crippen LogP contribution is 2.26. The maximum absolute atomic E-state index is 13.1. The van der Waals surface area contributed by atoms with Crippen molar-refractivity contribution in [2.24, 2.45) is 0 Å². The highest BCUT2D eigenvalue weighted by atomic mass is 16.7. The molecule has 1 rings (SSSR count). The highest BCUT2D eigenvalue weighted by molar-refractivity contribution is 5.74. The molecule has 0 aromatic heterocycles. The van der Waals surface area contributed by atoms with Crippen molar-refractivity contribution >= 4 is 23.9 Å². The van der Waals surface area contributed by atoms with E-state index >= 15 is 0 Å². The molecule has 0 aromatic carbocycles. The molecule has 3 N–H and O–H groups in total. The quantitative estimate of drug-likeness (QED) is 0.0229. The van der Waals surface area contributed by atoms with Crippen LogP contribution in [0.4, 0.5) is 0 Å². The molecule has 396 valence electrons. The van der Waals surface area contributed by atoms with Gasteiger partial charge in [-0.2, -0.15) is 0 Å². The molecule has 1 saturated heterocycles. The molecular weight excluding hydrogens is 901 g/mol. The molecule has 1 heterocycles. The zero-order valence-electron chi connectivity index (χ0n) is 43.2. The van der Waals surface area contributed by atoms with Gasteiger partial charge in [0.25, 0.3) is 0 Å². The molecule has 0 amide bonds. The number of aliphatic carboxylic acids is 1. The van der Waals surface area contributed by atoms with E-state index in [1.165, 1.54) is 0 Å². The van der Waals surface area contributed by atoms with Crippen LogP contribution in [0.1, 0.15) is 162 Å². The molecule has 12 nitrogen and oxygen atoms in total. The maximum atomic E-state index is 13.1. The minimum atomic E-state index is -1.95. The van der Waals surface area contributed by atoms with Gasteiger partial charge in [-0.05, 0) is 96.3 Å². The number of aliphatic hydroxyl groups excluding tert-OH is 2. The molecule has 71 heavy (non-hydrogen) atoms. The summed E-state index contributed by atoms with van der Waals surface area (Å²) in [6.45, 7) is 5.51. The van der Waals surface area contributed by atoms with Gasteiger partial charge in [0, 0.05) is 12.8 Å². The molecule has 6 atom stereocenters. The SMILES string of the molecule is CC/C=C\C/C=C\C/C=C\C/C=C\C/C=C\CC(=O)OCC(COC1OC(C(=O)O)C(O)C(O)C1OC(=O)CC/C=C\C/C=C\C/C=C\C/C=C\CC)OC(=O)CCCCCCC/C=C\C/C=C\CCC. The van der Waals surface area contributed by atoms with Gasteiger partial charge >= 0.3 is 23.9 Å². The molecule has 6 unspecified atom stereocenters. The standard InChI is InChI=1S/C59H88O12/c1-4-7-10-13-16-19-22-25-26-29-30-33-36-39-42-45-51(60)67-48-50(69-52(61)46-43-40-37-34-31-27-23-20-17-14-11-8-5-2)49-68-59-57(55(64)54(63)56(71-59)58(65)66)70-53(62)47-44-41-38-35-32-28-24-21-18-15-12-9-6-3/h7,9-12,14,16,18-21,23,25-26,28,30,32-33,38-39,41-42,50,54-57,59,63-64H,4-6,8,13,15,17,22,24,27,29,31,34-37,40,43-49H2,1-3H3,(H,65,66)/b10-7-,12-9-,14-11-,19-16-,21-18-,23-20-,26-25-,32-28-,33-30-,41-38-,42-39-. The van der Waals surface area contributed by atoms with E-state index in [1.807, 2.05) is 36.5 Å². The number of allylic oxidation sites excluding steroid dienone is 21. The molecule has 0 bridgehead atoms. The van der Waals surface area contributed by atoms with Crippen LogP contribution in [0, 0.1) is 0 Å². The largest absolute Gasteiger partial charge is 0.479 e. The van der Waals surface area contributed by atoms with Crippen LogP contribution in [0.5, 0.6) is 0 Å². The van der Waals surface area contributed by atoms with E-state index < -0.39 is 73.9 Å². The number of carbonyl (C=O) groups excluding carboxylic acids is 3. The molecule has 0 aliphatic carbocycles. The van der Waals surface area contributed by atoms with Crippen LogP contribution in [0.25, 0.3) is 0 Å². The van der Waals surface area contributed by atoms with Crippen molar-refractivity contribution in [3.63, 3.8) is 0 Å². The molecular formula is C59H88O12. The average Bonchev–Trinajstić information content (AvgIpc) is 3.35. The Kier molecular flexibility index (Phi) is 41.4. The van der Waals surface area contributed by atoms with Crippen LogP contribution in [-0.4, -0.2) is 89.2 Å². The van der Waals surface area contributed by atoms with Crippen molar-refractivity contribution < 1.29 is 58.2 Å². The summed E-state index contributed by atoms with van der Waals surface area (Å²) in [5, 5.41) is 31.3. The monoisotopic (exact) mass is 989 g/mol. The summed E-state index contributed by atoms with van der Waals surface area (Å²) < 4.78 is 28.0. The number of carboxylic acids is 1. The maximum Gasteiger partial charge on any atom is 0.335 e. The number of hydrogen-bond donors (Lipinski definition) is 3. The lowest BCUT2D eigenvalue weighted by atomic mass is 9.98. The van der Waals surface area contributed by atoms with Crippen LogP contribution in [-0.2, 0) is 42.9 Å². The molecule has 1 aliphatic rings. The van der Waals surface area contributed by atoms with Crippen molar-refractivity contribution in [1.82, 2.24) is 0 Å². The Morgan fingerprint density at radius 3 is 1.48 bits per heavy atom. The Labute approximate surface area is 426 Å². The Bertz CT molecular complexity index is 1740. The predicted molar refractivity (Wildman–Crippen MR) is 284 cm³/mol. The van der Waals surface area contributed by atoms with Crippen molar-refractivity contribution in [3.05, 3.63) is 134 Å². The van der Waals surface area contributed by atoms with E-state index in [1.54, 1.807) is 6.08 Å². The number of unbranched alkanes of at least 4 members (excludes halogenated alkanes) is 6. The van der Waals surface area contributed by atoms with Crippen LogP contribution >= 0.6 is 0 Å². The van der Waals surface area contributed by atoms with Gasteiger partial charge < -0.3 is 39.0 Å². The van der Waals surface area contributed by atoms with Gasteiger partial charge in [-0.1, -0.05) is 180 Å². The number of rotatable bonds is 41. The summed E-state index contributed by atoms with van der Waals surface area (Å²) in [6, 6.07) is 0. The Morgan fingerprint density at radius 2 is 0.958 bits per heavy atom. The van der Waals surface area contributed by atoms with E-state index in [0.717, 1.165) is 96.3 Å². The predicted octanol–water partition coefficient (Wildman–Crippen LogP) is 12.7. The van der Waals surface area contributed by atoms with Crippen molar-refractivity contribution in [3.8, 4) is 0 Å². The normalized spacial score (nSPS) is 19.6. The third-order valence-electron chi connectivity index (χ3n) is 10.7. The lowest BCUT2D eigenvalue weighted by Gasteiger charge is -2.40. The van der Waals surface area contributed by atoms with Crippen LogP contribution in [0.3, 0.4) is 0 Å². The van der Waals surface area contributed by atoms with E-state index in [2.05, 4.69) is 112 Å². The zero-order chi connectivity index (χ0) is 51.8. The second kappa shape index (κ2) is 46.0. The number of aliphatic hydroxyl groups is 2. The summed E-state index contributed by atoms with van der Waals surface area (Å²) in [5.41, 5.74) is 0. The first kappa shape index (κ1) is 63.9. The fourth-order valence-corrected chi connectivity index (χ4v) is 6.78. The molecule has 0 spiro atoms. The Morgan fingerprint density at radius 1 is 0.493 bits per heavy atom. The number of carbonyl (C=O) groups is 4. The van der Waals surface area contributed by atoms with Crippen molar-refractivity contribution in [1.29, 1.82) is 0 Å². The fraction of sp³-hybridized carbons (Fsp3) is 0.559. The van der Waals surface area contributed by atoms with Gasteiger partial charge in [0.1, 0.15) is 18.8 Å². The smallest absolute Gasteiger partial charge is 0.335 e. The Balaban J connectivity index is 2.85. The van der Waals surface area contributed by atoms with E-state index in [-0.39, 0.29) is 19.3 Å². The lowest BCUT2D eigenvalue weighted by molar-refractivity contribution is -0.301. The van der Waals surface area contributed by atoms with Gasteiger partial charge in [-0.3, -0.25) is 14.4 Å². The number of hydrogen-bond acceptors (Lipinski definition) is 11. The molecule has 0 aromatic rings. The third-order valence-corrected chi connectivity index (χ3v) is 10.7. The highest BCUT2D eigenvalue weighted by Gasteiger charge is 2.50. The van der Waals surface area contributed by atoms with E-state index in [4.69, 9.17) is 23.7 Å². The topological polar surface area (TPSA) is 175 Å². The van der Waals surface area contributed by atoms with Crippen LogP contribution < -0.4 is 0 Å². The van der Waals surface area contributed by atoms with E-state index in [0.29, 0.717) is 25.7 Å².